The Balaban J connectivity index is 2.09. The summed E-state index contributed by atoms with van der Waals surface area (Å²) in [6.45, 7) is -0.525. The number of epoxide rings is 1. The number of methoxy groups -OCH3 is 1. The summed E-state index contributed by atoms with van der Waals surface area (Å²) in [6.07, 6.45) is -4.63. The van der Waals surface area contributed by atoms with E-state index in [0.717, 1.165) is 0 Å². The first kappa shape index (κ1) is 16.4. The molecule has 22 heavy (non-hydrogen) atoms. The molecule has 1 atom stereocenters. The molecule has 0 aromatic heterocycles. The van der Waals surface area contributed by atoms with Crippen LogP contribution >= 0.6 is 0 Å². The van der Waals surface area contributed by atoms with Gasteiger partial charge in [-0.3, -0.25) is 4.79 Å². The predicted octanol–water partition coefficient (Wildman–Crippen LogP) is 2.12. The number of rotatable bonds is 7. The number of hydrogen-bond donors (Lipinski definition) is 0. The molecule has 0 aliphatic carbocycles. The van der Waals surface area contributed by atoms with Gasteiger partial charge in [-0.1, -0.05) is 6.07 Å². The SMILES string of the molecule is COC(=O)Cc1ccc(OCC2CO2)cc1OCC(F)(F)F. The first-order chi connectivity index (χ1) is 10.4. The van der Waals surface area contributed by atoms with E-state index in [1.807, 2.05) is 0 Å². The largest absolute Gasteiger partial charge is 0.491 e. The van der Waals surface area contributed by atoms with Crippen LogP contribution in [0.1, 0.15) is 5.56 Å². The number of carbonyl (C=O) groups excluding carboxylic acids is 1. The van der Waals surface area contributed by atoms with Crippen molar-refractivity contribution in [1.29, 1.82) is 0 Å². The number of carbonyl (C=O) groups is 1. The van der Waals surface area contributed by atoms with Gasteiger partial charge < -0.3 is 18.9 Å². The van der Waals surface area contributed by atoms with Crippen molar-refractivity contribution in [3.8, 4) is 11.5 Å². The second kappa shape index (κ2) is 6.87. The lowest BCUT2D eigenvalue weighted by molar-refractivity contribution is -0.153. The number of ether oxygens (including phenoxy) is 4. The van der Waals surface area contributed by atoms with Crippen LogP contribution in [0.15, 0.2) is 18.2 Å². The van der Waals surface area contributed by atoms with Crippen molar-refractivity contribution in [1.82, 2.24) is 0 Å². The van der Waals surface area contributed by atoms with Crippen molar-refractivity contribution in [2.75, 3.05) is 26.9 Å². The van der Waals surface area contributed by atoms with E-state index in [2.05, 4.69) is 4.74 Å². The fourth-order valence-corrected chi connectivity index (χ4v) is 1.65. The molecule has 5 nitrogen and oxygen atoms in total. The first-order valence-corrected chi connectivity index (χ1v) is 6.51. The Bertz CT molecular complexity index is 526. The third-order valence-electron chi connectivity index (χ3n) is 2.83. The molecule has 1 aliphatic rings. The smallest absolute Gasteiger partial charge is 0.422 e. The highest BCUT2D eigenvalue weighted by Crippen LogP contribution is 2.28. The Morgan fingerprint density at radius 1 is 1.36 bits per heavy atom. The van der Waals surface area contributed by atoms with Crippen LogP contribution in [0.2, 0.25) is 0 Å². The topological polar surface area (TPSA) is 57.3 Å². The second-order valence-corrected chi connectivity index (χ2v) is 4.69. The molecule has 0 amide bonds. The Morgan fingerprint density at radius 2 is 2.09 bits per heavy atom. The monoisotopic (exact) mass is 320 g/mol. The van der Waals surface area contributed by atoms with E-state index in [1.165, 1.54) is 19.2 Å². The predicted molar refractivity (Wildman–Crippen MR) is 68.9 cm³/mol. The minimum atomic E-state index is -4.47. The Labute approximate surface area is 124 Å². The first-order valence-electron chi connectivity index (χ1n) is 6.51. The maximum atomic E-state index is 12.3. The van der Waals surface area contributed by atoms with Crippen molar-refractivity contribution in [3.05, 3.63) is 23.8 Å². The van der Waals surface area contributed by atoms with Crippen LogP contribution < -0.4 is 9.47 Å². The van der Waals surface area contributed by atoms with E-state index in [9.17, 15) is 18.0 Å². The molecule has 2 rings (SSSR count). The number of benzene rings is 1. The second-order valence-electron chi connectivity index (χ2n) is 4.69. The zero-order chi connectivity index (χ0) is 16.2. The summed E-state index contributed by atoms with van der Waals surface area (Å²) in [5, 5.41) is 0. The average molecular weight is 320 g/mol. The molecule has 1 aliphatic heterocycles. The lowest BCUT2D eigenvalue weighted by Gasteiger charge is -2.14. The van der Waals surface area contributed by atoms with Crippen LogP contribution in [0.4, 0.5) is 13.2 Å². The summed E-state index contributed by atoms with van der Waals surface area (Å²) < 4.78 is 56.5. The van der Waals surface area contributed by atoms with E-state index in [4.69, 9.17) is 14.2 Å². The summed E-state index contributed by atoms with van der Waals surface area (Å²) in [6, 6.07) is 4.36. The molecule has 0 bridgehead atoms. The minimum Gasteiger partial charge on any atom is -0.491 e. The molecule has 122 valence electrons. The number of hydrogen-bond acceptors (Lipinski definition) is 5. The highest BCUT2D eigenvalue weighted by atomic mass is 19.4. The van der Waals surface area contributed by atoms with Crippen LogP contribution in [0.3, 0.4) is 0 Å². The molecule has 1 aromatic carbocycles. The molecule has 8 heteroatoms. The molecule has 0 saturated carbocycles. The average Bonchev–Trinajstić information content (AvgIpc) is 3.27. The molecular formula is C14H15F3O5. The fraction of sp³-hybridized carbons (Fsp3) is 0.500. The maximum absolute atomic E-state index is 12.3. The van der Waals surface area contributed by atoms with Gasteiger partial charge in [-0.15, -0.1) is 0 Å². The summed E-state index contributed by atoms with van der Waals surface area (Å²) in [7, 11) is 1.20. The van der Waals surface area contributed by atoms with Gasteiger partial charge in [-0.25, -0.2) is 0 Å². The van der Waals surface area contributed by atoms with Gasteiger partial charge in [0.2, 0.25) is 0 Å². The molecular weight excluding hydrogens is 305 g/mol. The molecule has 0 N–H and O–H groups in total. The highest BCUT2D eigenvalue weighted by molar-refractivity contribution is 5.73. The van der Waals surface area contributed by atoms with Gasteiger partial charge in [0, 0.05) is 11.6 Å². The lowest BCUT2D eigenvalue weighted by atomic mass is 10.1. The normalized spacial score (nSPS) is 17.0. The molecule has 0 spiro atoms. The molecule has 1 aromatic rings. The van der Waals surface area contributed by atoms with Crippen molar-refractivity contribution in [2.45, 2.75) is 18.7 Å². The van der Waals surface area contributed by atoms with Gasteiger partial charge in [0.1, 0.15) is 24.2 Å². The van der Waals surface area contributed by atoms with Gasteiger partial charge in [0.15, 0.2) is 6.61 Å². The van der Waals surface area contributed by atoms with E-state index >= 15 is 0 Å². The van der Waals surface area contributed by atoms with Gasteiger partial charge >= 0.3 is 12.1 Å². The maximum Gasteiger partial charge on any atom is 0.422 e. The van der Waals surface area contributed by atoms with E-state index in [1.54, 1.807) is 6.07 Å². The van der Waals surface area contributed by atoms with Gasteiger partial charge in [0.05, 0.1) is 20.1 Å². The quantitative estimate of drug-likeness (QED) is 0.569. The summed E-state index contributed by atoms with van der Waals surface area (Å²) in [4.78, 5) is 11.3. The van der Waals surface area contributed by atoms with E-state index in [-0.39, 0.29) is 18.3 Å². The number of alkyl halides is 3. The summed E-state index contributed by atoms with van der Waals surface area (Å²) >= 11 is 0. The third kappa shape index (κ3) is 5.44. The highest BCUT2D eigenvalue weighted by Gasteiger charge is 2.29. The zero-order valence-electron chi connectivity index (χ0n) is 11.8. The van der Waals surface area contributed by atoms with Crippen LogP contribution in [-0.2, 0) is 20.7 Å². The molecule has 1 saturated heterocycles. The lowest BCUT2D eigenvalue weighted by Crippen LogP contribution is -2.20. The fourth-order valence-electron chi connectivity index (χ4n) is 1.65. The van der Waals surface area contributed by atoms with Crippen LogP contribution in [0.5, 0.6) is 11.5 Å². The Kier molecular flexibility index (Phi) is 5.12. The molecule has 1 unspecified atom stereocenters. The van der Waals surface area contributed by atoms with Crippen molar-refractivity contribution in [3.63, 3.8) is 0 Å². The number of halogens is 3. The van der Waals surface area contributed by atoms with Crippen LogP contribution in [-0.4, -0.2) is 45.2 Å². The Morgan fingerprint density at radius 3 is 2.68 bits per heavy atom. The number of esters is 1. The van der Waals surface area contributed by atoms with Crippen LogP contribution in [0, 0.1) is 0 Å². The molecule has 1 heterocycles. The minimum absolute atomic E-state index is 0.0225. The van der Waals surface area contributed by atoms with Gasteiger partial charge in [-0.05, 0) is 6.07 Å². The third-order valence-corrected chi connectivity index (χ3v) is 2.83. The van der Waals surface area contributed by atoms with E-state index < -0.39 is 18.8 Å². The Hall–Kier alpha value is -1.96. The van der Waals surface area contributed by atoms with Gasteiger partial charge in [0.25, 0.3) is 0 Å². The van der Waals surface area contributed by atoms with Gasteiger partial charge in [-0.2, -0.15) is 13.2 Å². The van der Waals surface area contributed by atoms with E-state index in [0.29, 0.717) is 24.5 Å². The zero-order valence-corrected chi connectivity index (χ0v) is 11.8. The van der Waals surface area contributed by atoms with Crippen molar-refractivity contribution in [2.24, 2.45) is 0 Å². The van der Waals surface area contributed by atoms with Crippen LogP contribution in [0.25, 0.3) is 0 Å². The standard InChI is InChI=1S/C14H15F3O5/c1-19-13(18)4-9-2-3-10(20-6-11-7-21-11)5-12(9)22-8-14(15,16)17/h2-3,5,11H,4,6-8H2,1H3. The molecule has 1 fully saturated rings. The molecule has 0 radical (unpaired) electrons. The summed E-state index contributed by atoms with van der Waals surface area (Å²) in [5.74, 6) is -0.282. The van der Waals surface area contributed by atoms with Crippen molar-refractivity contribution >= 4 is 5.97 Å². The summed E-state index contributed by atoms with van der Waals surface area (Å²) in [5.41, 5.74) is 0.297. The van der Waals surface area contributed by atoms with Crippen molar-refractivity contribution < 1.29 is 36.9 Å².